The van der Waals surface area contributed by atoms with Crippen LogP contribution >= 0.6 is 12.2 Å². The maximum atomic E-state index is 5.05. The van der Waals surface area contributed by atoms with Gasteiger partial charge in [0.05, 0.1) is 0 Å². The molecule has 1 aromatic rings. The molecule has 0 spiro atoms. The zero-order chi connectivity index (χ0) is 8.43. The lowest BCUT2D eigenvalue weighted by Gasteiger charge is -2.05. The summed E-state index contributed by atoms with van der Waals surface area (Å²) >= 11 is 5.05. The minimum absolute atomic E-state index is 0.676. The van der Waals surface area contributed by atoms with Crippen LogP contribution in [0.4, 0.5) is 0 Å². The molecule has 1 rings (SSSR count). The van der Waals surface area contributed by atoms with E-state index in [1.807, 2.05) is 24.6 Å². The smallest absolute Gasteiger partial charge is 0.199 e. The predicted molar refractivity (Wildman–Crippen MR) is 48.2 cm³/mol. The number of hydrogen-bond acceptors (Lipinski definition) is 2. The fraction of sp³-hybridized carbons (Fsp3) is 0.500. The van der Waals surface area contributed by atoms with Crippen LogP contribution in [0.25, 0.3) is 0 Å². The monoisotopic (exact) mass is 168 g/mol. The van der Waals surface area contributed by atoms with Gasteiger partial charge in [0, 0.05) is 18.4 Å². The highest BCUT2D eigenvalue weighted by Gasteiger charge is 1.95. The summed E-state index contributed by atoms with van der Waals surface area (Å²) in [7, 11) is 0. The Morgan fingerprint density at radius 3 is 2.73 bits per heavy atom. The minimum Gasteiger partial charge on any atom is -0.324 e. The molecule has 0 radical (unpaired) electrons. The first-order valence-corrected chi connectivity index (χ1v) is 4.10. The average Bonchev–Trinajstić information content (AvgIpc) is 1.97. The van der Waals surface area contributed by atoms with Crippen LogP contribution in [0, 0.1) is 18.6 Å². The van der Waals surface area contributed by atoms with Gasteiger partial charge in [0.15, 0.2) is 4.77 Å². The number of rotatable bonds is 1. The molecule has 2 nitrogen and oxygen atoms in total. The second-order valence-corrected chi connectivity index (χ2v) is 2.94. The fourth-order valence-corrected chi connectivity index (χ4v) is 1.22. The van der Waals surface area contributed by atoms with Gasteiger partial charge in [-0.05, 0) is 38.6 Å². The highest BCUT2D eigenvalue weighted by molar-refractivity contribution is 7.71. The maximum absolute atomic E-state index is 5.05. The van der Waals surface area contributed by atoms with E-state index in [0.29, 0.717) is 4.77 Å². The Balaban J connectivity index is 3.32. The van der Waals surface area contributed by atoms with Crippen molar-refractivity contribution in [3.05, 3.63) is 22.2 Å². The molecule has 11 heavy (non-hydrogen) atoms. The Bertz CT molecular complexity index is 314. The van der Waals surface area contributed by atoms with Crippen molar-refractivity contribution >= 4 is 12.2 Å². The molecule has 1 heterocycles. The molecule has 0 atom stereocenters. The van der Waals surface area contributed by atoms with Crippen LogP contribution in [0.5, 0.6) is 0 Å². The Morgan fingerprint density at radius 1 is 1.55 bits per heavy atom. The Labute approximate surface area is 71.9 Å². The van der Waals surface area contributed by atoms with Crippen LogP contribution in [-0.2, 0) is 6.54 Å². The summed E-state index contributed by atoms with van der Waals surface area (Å²) in [5.41, 5.74) is 2.22. The van der Waals surface area contributed by atoms with Gasteiger partial charge in [-0.15, -0.1) is 0 Å². The standard InChI is InChI=1S/C8H12N2S/c1-4-10-5-6(2)7(3)9-8(10)11/h5H,4H2,1-3H3. The third-order valence-electron chi connectivity index (χ3n) is 1.77. The highest BCUT2D eigenvalue weighted by Crippen LogP contribution is 2.02. The van der Waals surface area contributed by atoms with Gasteiger partial charge in [-0.1, -0.05) is 0 Å². The van der Waals surface area contributed by atoms with E-state index in [1.54, 1.807) is 0 Å². The van der Waals surface area contributed by atoms with E-state index in [1.165, 1.54) is 5.56 Å². The summed E-state index contributed by atoms with van der Waals surface area (Å²) in [5.74, 6) is 0. The second-order valence-electron chi connectivity index (χ2n) is 2.58. The van der Waals surface area contributed by atoms with Crippen LogP contribution in [0.3, 0.4) is 0 Å². The lowest BCUT2D eigenvalue weighted by molar-refractivity contribution is 0.709. The quantitative estimate of drug-likeness (QED) is 0.598. The van der Waals surface area contributed by atoms with Crippen LogP contribution in [0.15, 0.2) is 6.20 Å². The first-order chi connectivity index (χ1) is 5.15. The molecule has 0 aromatic carbocycles. The van der Waals surface area contributed by atoms with Gasteiger partial charge < -0.3 is 4.57 Å². The molecule has 0 N–H and O–H groups in total. The normalized spacial score (nSPS) is 10.1. The molecule has 3 heteroatoms. The molecule has 0 saturated heterocycles. The van der Waals surface area contributed by atoms with Gasteiger partial charge in [-0.2, -0.15) is 0 Å². The summed E-state index contributed by atoms with van der Waals surface area (Å²) in [4.78, 5) is 4.22. The lowest BCUT2D eigenvalue weighted by atomic mass is 10.3. The molecule has 0 unspecified atom stereocenters. The molecule has 0 aliphatic carbocycles. The number of aromatic nitrogens is 2. The van der Waals surface area contributed by atoms with E-state index in [2.05, 4.69) is 11.9 Å². The number of aryl methyl sites for hydroxylation is 3. The third-order valence-corrected chi connectivity index (χ3v) is 2.10. The molecule has 60 valence electrons. The molecule has 0 bridgehead atoms. The van der Waals surface area contributed by atoms with E-state index < -0.39 is 0 Å². The average molecular weight is 168 g/mol. The molecular weight excluding hydrogens is 156 g/mol. The minimum atomic E-state index is 0.676. The van der Waals surface area contributed by atoms with E-state index in [9.17, 15) is 0 Å². The Hall–Kier alpha value is -0.700. The maximum Gasteiger partial charge on any atom is 0.199 e. The Kier molecular flexibility index (Phi) is 2.39. The first-order valence-electron chi connectivity index (χ1n) is 3.70. The van der Waals surface area contributed by atoms with Crippen LogP contribution < -0.4 is 0 Å². The molecule has 0 aliphatic rings. The second kappa shape index (κ2) is 3.13. The summed E-state index contributed by atoms with van der Waals surface area (Å²) in [6, 6.07) is 0. The van der Waals surface area contributed by atoms with Crippen molar-refractivity contribution in [2.75, 3.05) is 0 Å². The van der Waals surface area contributed by atoms with Gasteiger partial charge >= 0.3 is 0 Å². The van der Waals surface area contributed by atoms with Crippen LogP contribution in [0.1, 0.15) is 18.2 Å². The molecule has 0 amide bonds. The fourth-order valence-electron chi connectivity index (χ4n) is 0.905. The largest absolute Gasteiger partial charge is 0.324 e. The number of hydrogen-bond donors (Lipinski definition) is 0. The van der Waals surface area contributed by atoms with E-state index in [0.717, 1.165) is 12.2 Å². The highest BCUT2D eigenvalue weighted by atomic mass is 32.1. The molecule has 1 aromatic heterocycles. The van der Waals surface area contributed by atoms with E-state index >= 15 is 0 Å². The van der Waals surface area contributed by atoms with Crippen molar-refractivity contribution in [2.45, 2.75) is 27.3 Å². The molecular formula is C8H12N2S. The van der Waals surface area contributed by atoms with Crippen molar-refractivity contribution in [1.29, 1.82) is 0 Å². The molecule has 0 aliphatic heterocycles. The Morgan fingerprint density at radius 2 is 2.18 bits per heavy atom. The zero-order valence-electron chi connectivity index (χ0n) is 7.09. The van der Waals surface area contributed by atoms with Crippen molar-refractivity contribution in [3.63, 3.8) is 0 Å². The van der Waals surface area contributed by atoms with E-state index in [-0.39, 0.29) is 0 Å². The van der Waals surface area contributed by atoms with Gasteiger partial charge in [0.2, 0.25) is 0 Å². The first kappa shape index (κ1) is 8.40. The van der Waals surface area contributed by atoms with Gasteiger partial charge in [-0.3, -0.25) is 0 Å². The lowest BCUT2D eigenvalue weighted by Crippen LogP contribution is -2.02. The predicted octanol–water partition coefficient (Wildman–Crippen LogP) is 2.25. The summed E-state index contributed by atoms with van der Waals surface area (Å²) in [6.07, 6.45) is 2.05. The van der Waals surface area contributed by atoms with Crippen molar-refractivity contribution in [3.8, 4) is 0 Å². The summed E-state index contributed by atoms with van der Waals surface area (Å²) in [6.45, 7) is 6.98. The summed E-state index contributed by atoms with van der Waals surface area (Å²) < 4.78 is 2.65. The van der Waals surface area contributed by atoms with Crippen molar-refractivity contribution in [2.24, 2.45) is 0 Å². The number of nitrogens with zero attached hydrogens (tertiary/aromatic N) is 2. The zero-order valence-corrected chi connectivity index (χ0v) is 7.90. The SMILES string of the molecule is CCn1cc(C)c(C)nc1=S. The summed E-state index contributed by atoms with van der Waals surface area (Å²) in [5, 5.41) is 0. The molecule has 0 fully saturated rings. The van der Waals surface area contributed by atoms with Gasteiger partial charge in [-0.25, -0.2) is 4.98 Å². The van der Waals surface area contributed by atoms with Crippen LogP contribution in [-0.4, -0.2) is 9.55 Å². The topological polar surface area (TPSA) is 17.8 Å². The van der Waals surface area contributed by atoms with Crippen molar-refractivity contribution < 1.29 is 0 Å². The van der Waals surface area contributed by atoms with Crippen LogP contribution in [0.2, 0.25) is 0 Å². The molecule has 0 saturated carbocycles. The van der Waals surface area contributed by atoms with Gasteiger partial charge in [0.25, 0.3) is 0 Å². The van der Waals surface area contributed by atoms with E-state index in [4.69, 9.17) is 12.2 Å². The van der Waals surface area contributed by atoms with Gasteiger partial charge in [0.1, 0.15) is 0 Å². The third kappa shape index (κ3) is 1.66. The van der Waals surface area contributed by atoms with Crippen molar-refractivity contribution in [1.82, 2.24) is 9.55 Å².